The summed E-state index contributed by atoms with van der Waals surface area (Å²) in [6, 6.07) is 23.1. The summed E-state index contributed by atoms with van der Waals surface area (Å²) in [4.78, 5) is 5.07. The van der Waals surface area contributed by atoms with Gasteiger partial charge in [-0.2, -0.15) is 0 Å². The molecule has 0 amide bonds. The number of nitrogens with zero attached hydrogens (tertiary/aromatic N) is 2. The zero-order chi connectivity index (χ0) is 23.8. The fourth-order valence-electron chi connectivity index (χ4n) is 8.14. The summed E-state index contributed by atoms with van der Waals surface area (Å²) in [7, 11) is 0. The van der Waals surface area contributed by atoms with Crippen LogP contribution in [-0.2, 0) is 11.8 Å². The second kappa shape index (κ2) is 6.37. The van der Waals surface area contributed by atoms with Crippen molar-refractivity contribution < 1.29 is 0 Å². The van der Waals surface area contributed by atoms with Crippen molar-refractivity contribution in [3.8, 4) is 0 Å². The van der Waals surface area contributed by atoms with E-state index in [1.165, 1.54) is 103 Å². The maximum absolute atomic E-state index is 5.07. The van der Waals surface area contributed by atoms with E-state index in [4.69, 9.17) is 4.98 Å². The molecule has 0 atom stereocenters. The molecule has 1 aliphatic carbocycles. The average Bonchev–Trinajstić information content (AvgIpc) is 3.53. The summed E-state index contributed by atoms with van der Waals surface area (Å²) in [5.41, 5.74) is 9.64. The van der Waals surface area contributed by atoms with Gasteiger partial charge >= 0.3 is 0 Å². The number of hydrogen-bond acceptors (Lipinski definition) is 1. The molecule has 2 aliphatic rings. The number of fused-ring (bicyclic) bond motifs is 4. The molecule has 2 nitrogen and oxygen atoms in total. The van der Waals surface area contributed by atoms with Gasteiger partial charge < -0.3 is 4.40 Å². The van der Waals surface area contributed by atoms with Crippen LogP contribution in [0.4, 0.5) is 0 Å². The van der Waals surface area contributed by atoms with Crippen molar-refractivity contribution >= 4 is 59.8 Å². The molecular formula is C34H28N2. The lowest BCUT2D eigenvalue weighted by atomic mass is 9.73. The number of para-hydroxylation sites is 1. The Kier molecular flexibility index (Phi) is 3.45. The largest absolute Gasteiger partial charge is 0.307 e. The zero-order valence-corrected chi connectivity index (χ0v) is 20.9. The highest BCUT2D eigenvalue weighted by molar-refractivity contribution is 6.30. The van der Waals surface area contributed by atoms with Crippen molar-refractivity contribution in [1.82, 2.24) is 9.38 Å². The first-order chi connectivity index (χ1) is 17.6. The van der Waals surface area contributed by atoms with Gasteiger partial charge in [0, 0.05) is 33.2 Å². The van der Waals surface area contributed by atoms with Crippen molar-refractivity contribution in [2.45, 2.75) is 51.4 Å². The van der Waals surface area contributed by atoms with Crippen molar-refractivity contribution in [2.24, 2.45) is 5.92 Å². The number of rotatable bonds is 2. The van der Waals surface area contributed by atoms with E-state index in [0.29, 0.717) is 0 Å². The number of aromatic nitrogens is 2. The SMILES string of the molecule is CC1(C)c2c3ccccc3cc3c4nccc5cc(CC6CCCC6)c6c7cccc1c7n(c23)c6c54. The Balaban J connectivity index is 1.63. The second-order valence-corrected chi connectivity index (χ2v) is 11.9. The van der Waals surface area contributed by atoms with Gasteiger partial charge in [0.2, 0.25) is 0 Å². The van der Waals surface area contributed by atoms with Crippen LogP contribution in [-0.4, -0.2) is 9.38 Å². The Morgan fingerprint density at radius 3 is 2.53 bits per heavy atom. The lowest BCUT2D eigenvalue weighted by Crippen LogP contribution is -2.24. The molecule has 0 saturated heterocycles. The van der Waals surface area contributed by atoms with E-state index in [2.05, 4.69) is 78.9 Å². The first kappa shape index (κ1) is 19.5. The third-order valence-electron chi connectivity index (χ3n) is 9.64. The Bertz CT molecular complexity index is 2050. The first-order valence-corrected chi connectivity index (χ1v) is 13.6. The van der Waals surface area contributed by atoms with E-state index < -0.39 is 0 Å². The van der Waals surface area contributed by atoms with Crippen LogP contribution >= 0.6 is 0 Å². The van der Waals surface area contributed by atoms with Crippen molar-refractivity contribution in [2.75, 3.05) is 0 Å². The molecule has 0 bridgehead atoms. The molecule has 4 heterocycles. The molecule has 0 unspecified atom stereocenters. The van der Waals surface area contributed by atoms with Gasteiger partial charge in [-0.15, -0.1) is 0 Å². The second-order valence-electron chi connectivity index (χ2n) is 11.9. The van der Waals surface area contributed by atoms with Gasteiger partial charge in [-0.05, 0) is 57.3 Å². The summed E-state index contributed by atoms with van der Waals surface area (Å²) in [5, 5.41) is 9.52. The molecule has 4 aromatic carbocycles. The third-order valence-corrected chi connectivity index (χ3v) is 9.64. The lowest BCUT2D eigenvalue weighted by molar-refractivity contribution is 0.549. The van der Waals surface area contributed by atoms with Crippen molar-refractivity contribution in [3.63, 3.8) is 0 Å². The molecule has 0 spiro atoms. The van der Waals surface area contributed by atoms with Crippen LogP contribution in [0.25, 0.3) is 59.8 Å². The summed E-state index contributed by atoms with van der Waals surface area (Å²) in [6.45, 7) is 4.85. The molecule has 1 aliphatic heterocycles. The molecule has 174 valence electrons. The summed E-state index contributed by atoms with van der Waals surface area (Å²) < 4.78 is 2.65. The number of pyridine rings is 2. The molecule has 36 heavy (non-hydrogen) atoms. The highest BCUT2D eigenvalue weighted by Gasteiger charge is 2.37. The van der Waals surface area contributed by atoms with Crippen LogP contribution in [0.15, 0.2) is 66.9 Å². The normalized spacial score (nSPS) is 17.5. The highest BCUT2D eigenvalue weighted by Crippen LogP contribution is 2.52. The van der Waals surface area contributed by atoms with Crippen LogP contribution < -0.4 is 0 Å². The summed E-state index contributed by atoms with van der Waals surface area (Å²) in [6.07, 6.45) is 8.74. The topological polar surface area (TPSA) is 17.3 Å². The summed E-state index contributed by atoms with van der Waals surface area (Å²) in [5.74, 6) is 0.810. The van der Waals surface area contributed by atoms with Crippen LogP contribution in [0.1, 0.15) is 56.2 Å². The van der Waals surface area contributed by atoms with Crippen LogP contribution in [0.2, 0.25) is 0 Å². The summed E-state index contributed by atoms with van der Waals surface area (Å²) >= 11 is 0. The molecule has 7 aromatic rings. The molecule has 2 heteroatoms. The van der Waals surface area contributed by atoms with Gasteiger partial charge in [-0.25, -0.2) is 0 Å². The molecule has 3 aromatic heterocycles. The van der Waals surface area contributed by atoms with E-state index in [0.717, 1.165) is 11.4 Å². The van der Waals surface area contributed by atoms with Gasteiger partial charge in [0.05, 0.1) is 22.1 Å². The van der Waals surface area contributed by atoms with Crippen LogP contribution in [0, 0.1) is 5.92 Å². The first-order valence-electron chi connectivity index (χ1n) is 13.6. The molecule has 9 rings (SSSR count). The van der Waals surface area contributed by atoms with E-state index in [1.807, 2.05) is 6.20 Å². The Labute approximate surface area is 209 Å². The Morgan fingerprint density at radius 2 is 1.64 bits per heavy atom. The Hall–Kier alpha value is -3.65. The zero-order valence-electron chi connectivity index (χ0n) is 20.9. The smallest absolute Gasteiger partial charge is 0.0823 e. The molecular weight excluding hydrogens is 436 g/mol. The molecule has 1 saturated carbocycles. The lowest BCUT2D eigenvalue weighted by Gasteiger charge is -2.34. The Morgan fingerprint density at radius 1 is 0.806 bits per heavy atom. The van der Waals surface area contributed by atoms with Gasteiger partial charge in [0.1, 0.15) is 0 Å². The average molecular weight is 465 g/mol. The fraction of sp³-hybridized carbons (Fsp3) is 0.265. The number of benzene rings is 4. The van der Waals surface area contributed by atoms with E-state index >= 15 is 0 Å². The predicted octanol–water partition coefficient (Wildman–Crippen LogP) is 8.91. The minimum absolute atomic E-state index is 0.105. The van der Waals surface area contributed by atoms with Gasteiger partial charge in [0.25, 0.3) is 0 Å². The molecule has 0 radical (unpaired) electrons. The van der Waals surface area contributed by atoms with Crippen LogP contribution in [0.5, 0.6) is 0 Å². The molecule has 0 N–H and O–H groups in total. The monoisotopic (exact) mass is 464 g/mol. The predicted molar refractivity (Wildman–Crippen MR) is 152 cm³/mol. The van der Waals surface area contributed by atoms with E-state index in [-0.39, 0.29) is 5.41 Å². The third kappa shape index (κ3) is 2.15. The fourth-order valence-corrected chi connectivity index (χ4v) is 8.14. The standard InChI is InChI=1S/C34H28N2/c1-34(2)26-13-7-12-24-27-22(16-19-8-3-4-9-19)17-21-14-15-35-30-25-18-20-10-5-6-11-23(20)29(34)32(25)36(31(24)26)33(27)28(21)30/h5-7,10-15,17-19H,3-4,8-9,16H2,1-2H3. The van der Waals surface area contributed by atoms with Crippen LogP contribution in [0.3, 0.4) is 0 Å². The van der Waals surface area contributed by atoms with E-state index in [1.54, 1.807) is 0 Å². The number of hydrogen-bond donors (Lipinski definition) is 0. The molecule has 1 fully saturated rings. The van der Waals surface area contributed by atoms with Gasteiger partial charge in [-0.3, -0.25) is 4.98 Å². The van der Waals surface area contributed by atoms with E-state index in [9.17, 15) is 0 Å². The minimum Gasteiger partial charge on any atom is -0.307 e. The highest BCUT2D eigenvalue weighted by atomic mass is 14.9. The maximum Gasteiger partial charge on any atom is 0.0823 e. The minimum atomic E-state index is -0.105. The quantitative estimate of drug-likeness (QED) is 0.184. The van der Waals surface area contributed by atoms with Crippen molar-refractivity contribution in [1.29, 1.82) is 0 Å². The maximum atomic E-state index is 5.07. The van der Waals surface area contributed by atoms with Gasteiger partial charge in [-0.1, -0.05) is 88.1 Å². The van der Waals surface area contributed by atoms with Crippen molar-refractivity contribution in [3.05, 3.63) is 83.6 Å². The van der Waals surface area contributed by atoms with Gasteiger partial charge in [0.15, 0.2) is 0 Å².